The third-order valence-electron chi connectivity index (χ3n) is 9.35. The van der Waals surface area contributed by atoms with Gasteiger partial charge in [-0.3, -0.25) is 9.59 Å². The lowest BCUT2D eigenvalue weighted by molar-refractivity contribution is -0.161. The molecule has 0 fully saturated rings. The van der Waals surface area contributed by atoms with Crippen molar-refractivity contribution in [3.63, 3.8) is 0 Å². The Morgan fingerprint density at radius 1 is 0.451 bits per heavy atom. The van der Waals surface area contributed by atoms with Crippen LogP contribution in [0.25, 0.3) is 0 Å². The Hall–Kier alpha value is -2.14. The summed E-state index contributed by atoms with van der Waals surface area (Å²) < 4.78 is 10.6. The van der Waals surface area contributed by atoms with E-state index in [1.165, 1.54) is 128 Å². The second-order valence-corrected chi connectivity index (χ2v) is 14.4. The van der Waals surface area contributed by atoms with Crippen LogP contribution in [0.2, 0.25) is 0 Å². The standard InChI is InChI=1S/C46H82O5/c1-3-5-7-9-11-13-15-17-19-21-23-25-27-29-31-33-35-37-39-41-46(49)51-44(42-47)43-50-45(48)40-38-36-34-32-30-28-26-24-22-20-18-16-14-12-10-8-6-4-2/h11,13-14,16-17,19-20,22,44,47H,3-10,12,15,18,21,23-43H2,1-2H3/b13-11-,16-14-,19-17-,22-20-. The quantitative estimate of drug-likeness (QED) is 0.0390. The maximum atomic E-state index is 12.2. The lowest BCUT2D eigenvalue weighted by Crippen LogP contribution is -2.28. The average molecular weight is 715 g/mol. The van der Waals surface area contributed by atoms with Gasteiger partial charge < -0.3 is 14.6 Å². The van der Waals surface area contributed by atoms with E-state index in [1.54, 1.807) is 0 Å². The molecule has 0 radical (unpaired) electrons. The first-order valence-electron chi connectivity index (χ1n) is 21.7. The molecule has 0 aromatic carbocycles. The summed E-state index contributed by atoms with van der Waals surface area (Å²) in [5.74, 6) is -0.602. The van der Waals surface area contributed by atoms with Crippen LogP contribution in [0, 0.1) is 0 Å². The van der Waals surface area contributed by atoms with Gasteiger partial charge in [0, 0.05) is 12.8 Å². The zero-order chi connectivity index (χ0) is 37.1. The summed E-state index contributed by atoms with van der Waals surface area (Å²) in [6.45, 7) is 4.09. The first-order valence-corrected chi connectivity index (χ1v) is 21.7. The van der Waals surface area contributed by atoms with Crippen molar-refractivity contribution in [1.82, 2.24) is 0 Å². The van der Waals surface area contributed by atoms with E-state index < -0.39 is 6.10 Å². The summed E-state index contributed by atoms with van der Waals surface area (Å²) in [5.41, 5.74) is 0. The van der Waals surface area contributed by atoms with Crippen LogP contribution in [0.15, 0.2) is 48.6 Å². The molecule has 0 rings (SSSR count). The minimum absolute atomic E-state index is 0.0717. The van der Waals surface area contributed by atoms with E-state index in [9.17, 15) is 14.7 Å². The van der Waals surface area contributed by atoms with Gasteiger partial charge in [-0.25, -0.2) is 0 Å². The zero-order valence-electron chi connectivity index (χ0n) is 33.6. The molecule has 0 aliphatic carbocycles. The Bertz CT molecular complexity index is 858. The number of carbonyl (C=O) groups excluding carboxylic acids is 2. The molecule has 5 heteroatoms. The number of rotatable bonds is 39. The minimum Gasteiger partial charge on any atom is -0.462 e. The van der Waals surface area contributed by atoms with E-state index in [2.05, 4.69) is 62.5 Å². The highest BCUT2D eigenvalue weighted by Gasteiger charge is 2.16. The van der Waals surface area contributed by atoms with Crippen LogP contribution in [-0.2, 0) is 19.1 Å². The summed E-state index contributed by atoms with van der Waals surface area (Å²) in [5, 5.41) is 9.58. The molecule has 1 N–H and O–H groups in total. The van der Waals surface area contributed by atoms with Crippen LogP contribution < -0.4 is 0 Å². The maximum Gasteiger partial charge on any atom is 0.306 e. The van der Waals surface area contributed by atoms with E-state index in [-0.39, 0.29) is 25.2 Å². The lowest BCUT2D eigenvalue weighted by atomic mass is 10.1. The minimum atomic E-state index is -0.777. The van der Waals surface area contributed by atoms with Gasteiger partial charge in [-0.15, -0.1) is 0 Å². The first-order chi connectivity index (χ1) is 25.1. The normalized spacial score (nSPS) is 12.6. The smallest absolute Gasteiger partial charge is 0.306 e. The maximum absolute atomic E-state index is 12.2. The van der Waals surface area contributed by atoms with Crippen molar-refractivity contribution in [3.05, 3.63) is 48.6 Å². The molecule has 0 aliphatic heterocycles. The highest BCUT2D eigenvalue weighted by molar-refractivity contribution is 5.70. The predicted molar refractivity (Wildman–Crippen MR) is 219 cm³/mol. The van der Waals surface area contributed by atoms with Crippen LogP contribution in [0.3, 0.4) is 0 Å². The number of allylic oxidation sites excluding steroid dienone is 8. The molecule has 1 unspecified atom stereocenters. The molecule has 0 amide bonds. The number of aliphatic hydroxyl groups excluding tert-OH is 1. The van der Waals surface area contributed by atoms with Gasteiger partial charge in [0.25, 0.3) is 0 Å². The van der Waals surface area contributed by atoms with Crippen molar-refractivity contribution >= 4 is 11.9 Å². The summed E-state index contributed by atoms with van der Waals surface area (Å²) >= 11 is 0. The molecule has 0 aromatic rings. The monoisotopic (exact) mass is 715 g/mol. The first kappa shape index (κ1) is 48.9. The Morgan fingerprint density at radius 2 is 0.784 bits per heavy atom. The van der Waals surface area contributed by atoms with E-state index >= 15 is 0 Å². The predicted octanol–water partition coefficient (Wildman–Crippen LogP) is 13.8. The van der Waals surface area contributed by atoms with Crippen LogP contribution in [0.5, 0.6) is 0 Å². The molecule has 0 spiro atoms. The summed E-state index contributed by atoms with van der Waals surface area (Å²) in [4.78, 5) is 24.3. The van der Waals surface area contributed by atoms with Gasteiger partial charge in [-0.05, 0) is 77.0 Å². The SMILES string of the molecule is CCCCC/C=C\C/C=C\CCCCCCCCCCCC(=O)OC(CO)COC(=O)CCCCCCCCC/C=C\C/C=C\CCCCCC. The number of unbranched alkanes of at least 4 members (excludes halogenated alkanes) is 23. The molecule has 0 aliphatic rings. The van der Waals surface area contributed by atoms with Gasteiger partial charge in [0.1, 0.15) is 6.61 Å². The van der Waals surface area contributed by atoms with Gasteiger partial charge in [0.2, 0.25) is 0 Å². The van der Waals surface area contributed by atoms with Gasteiger partial charge in [-0.2, -0.15) is 0 Å². The topological polar surface area (TPSA) is 72.8 Å². The zero-order valence-corrected chi connectivity index (χ0v) is 33.6. The van der Waals surface area contributed by atoms with E-state index in [1.807, 2.05) is 0 Å². The van der Waals surface area contributed by atoms with Crippen molar-refractivity contribution in [2.24, 2.45) is 0 Å². The fourth-order valence-corrected chi connectivity index (χ4v) is 6.03. The molecule has 0 aromatic heterocycles. The van der Waals surface area contributed by atoms with Gasteiger partial charge >= 0.3 is 11.9 Å². The molecular weight excluding hydrogens is 633 g/mol. The molecule has 1 atom stereocenters. The van der Waals surface area contributed by atoms with Crippen LogP contribution >= 0.6 is 0 Å². The second kappa shape index (κ2) is 42.3. The molecule has 0 bridgehead atoms. The van der Waals surface area contributed by atoms with Crippen molar-refractivity contribution < 1.29 is 24.2 Å². The van der Waals surface area contributed by atoms with Crippen molar-refractivity contribution in [2.75, 3.05) is 13.2 Å². The number of hydrogen-bond acceptors (Lipinski definition) is 5. The summed E-state index contributed by atoms with van der Waals surface area (Å²) in [6, 6.07) is 0. The molecule has 51 heavy (non-hydrogen) atoms. The highest BCUT2D eigenvalue weighted by atomic mass is 16.6. The fourth-order valence-electron chi connectivity index (χ4n) is 6.03. The Labute approximate surface area is 316 Å². The number of esters is 2. The fraction of sp³-hybridized carbons (Fsp3) is 0.783. The van der Waals surface area contributed by atoms with Crippen molar-refractivity contribution in [2.45, 2.75) is 219 Å². The van der Waals surface area contributed by atoms with Crippen molar-refractivity contribution in [1.29, 1.82) is 0 Å². The van der Waals surface area contributed by atoms with Crippen LogP contribution in [-0.4, -0.2) is 36.4 Å². The average Bonchev–Trinajstić information content (AvgIpc) is 3.13. The Morgan fingerprint density at radius 3 is 1.20 bits per heavy atom. The Balaban J connectivity index is 3.56. The van der Waals surface area contributed by atoms with Crippen LogP contribution in [0.1, 0.15) is 213 Å². The van der Waals surface area contributed by atoms with Gasteiger partial charge in [-0.1, -0.05) is 172 Å². The number of carbonyl (C=O) groups is 2. The molecule has 296 valence electrons. The van der Waals surface area contributed by atoms with E-state index in [0.29, 0.717) is 12.8 Å². The molecule has 0 heterocycles. The molecule has 0 saturated heterocycles. The van der Waals surface area contributed by atoms with Gasteiger partial charge in [0.15, 0.2) is 6.10 Å². The number of aliphatic hydroxyl groups is 1. The van der Waals surface area contributed by atoms with Crippen LogP contribution in [0.4, 0.5) is 0 Å². The highest BCUT2D eigenvalue weighted by Crippen LogP contribution is 2.14. The van der Waals surface area contributed by atoms with Gasteiger partial charge in [0.05, 0.1) is 6.61 Å². The van der Waals surface area contributed by atoms with E-state index in [0.717, 1.165) is 57.8 Å². The van der Waals surface area contributed by atoms with E-state index in [4.69, 9.17) is 9.47 Å². The molecule has 5 nitrogen and oxygen atoms in total. The number of hydrogen-bond donors (Lipinski definition) is 1. The third kappa shape index (κ3) is 40.5. The summed E-state index contributed by atoms with van der Waals surface area (Å²) in [7, 11) is 0. The molecular formula is C46H82O5. The Kier molecular flexibility index (Phi) is 40.5. The van der Waals surface area contributed by atoms with Crippen molar-refractivity contribution in [3.8, 4) is 0 Å². The second-order valence-electron chi connectivity index (χ2n) is 14.4. The number of ether oxygens (including phenoxy) is 2. The third-order valence-corrected chi connectivity index (χ3v) is 9.35. The summed E-state index contributed by atoms with van der Waals surface area (Å²) in [6.07, 6.45) is 53.1. The molecule has 0 saturated carbocycles. The largest absolute Gasteiger partial charge is 0.462 e. The lowest BCUT2D eigenvalue weighted by Gasteiger charge is -2.15.